The summed E-state index contributed by atoms with van der Waals surface area (Å²) in [6, 6.07) is 7.40. The molecule has 0 radical (unpaired) electrons. The van der Waals surface area contributed by atoms with Crippen molar-refractivity contribution in [1.29, 1.82) is 0 Å². The average molecular weight is 463 g/mol. The minimum Gasteiger partial charge on any atom is -0.507 e. The van der Waals surface area contributed by atoms with E-state index in [0.29, 0.717) is 41.4 Å². The minimum atomic E-state index is -1.07. The van der Waals surface area contributed by atoms with E-state index in [1.54, 1.807) is 12.1 Å². The van der Waals surface area contributed by atoms with Gasteiger partial charge in [-0.1, -0.05) is 19.4 Å². The number of aliphatic carboxylic acids is 1. The quantitative estimate of drug-likeness (QED) is 0.237. The zero-order chi connectivity index (χ0) is 23.7. The number of carboxylic acids is 1. The first-order chi connectivity index (χ1) is 15.2. The zero-order valence-electron chi connectivity index (χ0n) is 18.2. The number of ether oxygens (including phenoxy) is 1. The van der Waals surface area contributed by atoms with Crippen molar-refractivity contribution >= 4 is 29.3 Å². The molecule has 2 rings (SSSR count). The molecule has 0 heterocycles. The van der Waals surface area contributed by atoms with Crippen LogP contribution in [-0.2, 0) is 11.2 Å². The summed E-state index contributed by atoms with van der Waals surface area (Å²) in [7, 11) is 0. The van der Waals surface area contributed by atoms with E-state index in [1.807, 2.05) is 6.92 Å². The first-order valence-corrected chi connectivity index (χ1v) is 11.4. The average Bonchev–Trinajstić information content (AvgIpc) is 2.74. The summed E-state index contributed by atoms with van der Waals surface area (Å²) in [5, 5.41) is 19.0. The fourth-order valence-corrected chi connectivity index (χ4v) is 3.95. The molecule has 0 spiro atoms. The number of aromatic hydroxyl groups is 1. The maximum absolute atomic E-state index is 14.3. The molecule has 0 atom stereocenters. The second kappa shape index (κ2) is 12.2. The number of phenolic OH excluding ortho intramolecular Hbond substituents is 1. The third kappa shape index (κ3) is 7.09. The molecule has 32 heavy (non-hydrogen) atoms. The first kappa shape index (κ1) is 25.4. The summed E-state index contributed by atoms with van der Waals surface area (Å²) in [6.45, 7) is 3.73. The van der Waals surface area contributed by atoms with Crippen LogP contribution < -0.4 is 4.74 Å². The normalized spacial score (nSPS) is 10.7. The van der Waals surface area contributed by atoms with E-state index in [9.17, 15) is 23.9 Å². The number of Topliss-reactive ketones (excluding diaryl/α,β-unsaturated/α-hetero) is 2. The van der Waals surface area contributed by atoms with Gasteiger partial charge in [-0.15, -0.1) is 11.8 Å². The van der Waals surface area contributed by atoms with E-state index in [2.05, 4.69) is 0 Å². The lowest BCUT2D eigenvalue weighted by atomic mass is 10.0. The number of hydrogen-bond acceptors (Lipinski definition) is 6. The first-order valence-electron chi connectivity index (χ1n) is 10.4. The van der Waals surface area contributed by atoms with Crippen LogP contribution in [0.15, 0.2) is 35.2 Å². The Hall–Kier alpha value is -2.87. The maximum Gasteiger partial charge on any atom is 0.303 e. The van der Waals surface area contributed by atoms with Crippen molar-refractivity contribution < 1.29 is 33.7 Å². The van der Waals surface area contributed by atoms with Gasteiger partial charge in [0.1, 0.15) is 17.3 Å². The van der Waals surface area contributed by atoms with Gasteiger partial charge < -0.3 is 14.9 Å². The van der Waals surface area contributed by atoms with Crippen LogP contribution >= 0.6 is 11.8 Å². The van der Waals surface area contributed by atoms with Crippen LogP contribution in [0.1, 0.15) is 65.8 Å². The largest absolute Gasteiger partial charge is 0.507 e. The van der Waals surface area contributed by atoms with E-state index in [0.717, 1.165) is 12.5 Å². The number of phenols is 1. The van der Waals surface area contributed by atoms with Crippen molar-refractivity contribution in [3.05, 3.63) is 52.8 Å². The van der Waals surface area contributed by atoms with E-state index in [4.69, 9.17) is 9.84 Å². The summed E-state index contributed by atoms with van der Waals surface area (Å²) >= 11 is 1.29. The molecule has 0 saturated heterocycles. The van der Waals surface area contributed by atoms with Gasteiger partial charge in [-0.25, -0.2) is 4.39 Å². The number of halogens is 1. The fourth-order valence-electron chi connectivity index (χ4n) is 3.11. The molecule has 0 unspecified atom stereocenters. The van der Waals surface area contributed by atoms with Crippen LogP contribution in [0.4, 0.5) is 4.39 Å². The molecule has 0 bridgehead atoms. The summed E-state index contributed by atoms with van der Waals surface area (Å²) in [5.41, 5.74) is 1.05. The number of benzene rings is 2. The van der Waals surface area contributed by atoms with Gasteiger partial charge in [0.2, 0.25) is 0 Å². The molecule has 0 saturated carbocycles. The molecule has 0 aliphatic heterocycles. The van der Waals surface area contributed by atoms with Gasteiger partial charge in [-0.3, -0.25) is 14.4 Å². The molecule has 0 aliphatic rings. The Bertz CT molecular complexity index is 989. The number of carbonyl (C=O) groups excluding carboxylic acids is 2. The number of carbonyl (C=O) groups is 3. The molecule has 2 N–H and O–H groups in total. The van der Waals surface area contributed by atoms with Crippen LogP contribution in [0.2, 0.25) is 0 Å². The lowest BCUT2D eigenvalue weighted by molar-refractivity contribution is -0.136. The van der Waals surface area contributed by atoms with Crippen molar-refractivity contribution in [1.82, 2.24) is 0 Å². The molecule has 0 fully saturated rings. The molecular formula is C24H27FO6S. The standard InChI is InChI=1S/C24H27FO6S/c1-3-5-18-21(9-7-17(15(2)26)24(18)30)31-12-4-13-32-22-10-6-16(14-19(22)25)20(27)8-11-23(28)29/h6-7,9-10,14,30H,3-5,8,11-13H2,1-2H3,(H,28,29). The third-order valence-corrected chi connectivity index (χ3v) is 5.88. The number of carboxylic acid groups (broad SMARTS) is 1. The smallest absolute Gasteiger partial charge is 0.303 e. The van der Waals surface area contributed by atoms with Crippen LogP contribution in [0.25, 0.3) is 0 Å². The monoisotopic (exact) mass is 462 g/mol. The fraction of sp³-hybridized carbons (Fsp3) is 0.375. The van der Waals surface area contributed by atoms with Crippen molar-refractivity contribution in [3.8, 4) is 11.5 Å². The highest BCUT2D eigenvalue weighted by molar-refractivity contribution is 7.99. The molecule has 172 valence electrons. The SMILES string of the molecule is CCCc1c(OCCCSc2ccc(C(=O)CCC(=O)O)cc2F)ccc(C(C)=O)c1O. The van der Waals surface area contributed by atoms with Gasteiger partial charge >= 0.3 is 5.97 Å². The molecule has 8 heteroatoms. The Morgan fingerprint density at radius 1 is 1.12 bits per heavy atom. The van der Waals surface area contributed by atoms with E-state index in [1.165, 1.54) is 30.8 Å². The number of ketones is 2. The maximum atomic E-state index is 14.3. The molecule has 0 aliphatic carbocycles. The van der Waals surface area contributed by atoms with Crippen molar-refractivity contribution in [2.45, 2.75) is 50.8 Å². The van der Waals surface area contributed by atoms with E-state index < -0.39 is 17.6 Å². The Kier molecular flexibility index (Phi) is 9.71. The van der Waals surface area contributed by atoms with Gasteiger partial charge in [0, 0.05) is 28.2 Å². The van der Waals surface area contributed by atoms with Gasteiger partial charge in [0.15, 0.2) is 11.6 Å². The Balaban J connectivity index is 1.89. The highest BCUT2D eigenvalue weighted by Crippen LogP contribution is 2.33. The van der Waals surface area contributed by atoms with Gasteiger partial charge in [0.25, 0.3) is 0 Å². The molecule has 0 amide bonds. The van der Waals surface area contributed by atoms with Crippen LogP contribution in [0.3, 0.4) is 0 Å². The van der Waals surface area contributed by atoms with Crippen molar-refractivity contribution in [2.75, 3.05) is 12.4 Å². The lowest BCUT2D eigenvalue weighted by Crippen LogP contribution is -2.05. The van der Waals surface area contributed by atoms with Gasteiger partial charge in [-0.2, -0.15) is 0 Å². The Morgan fingerprint density at radius 2 is 1.88 bits per heavy atom. The number of thioether (sulfide) groups is 1. The molecular weight excluding hydrogens is 435 g/mol. The van der Waals surface area contributed by atoms with Gasteiger partial charge in [0.05, 0.1) is 18.6 Å². The van der Waals surface area contributed by atoms with Crippen LogP contribution in [0.5, 0.6) is 11.5 Å². The minimum absolute atomic E-state index is 0.0358. The Labute approximate surface area is 190 Å². The molecule has 6 nitrogen and oxygen atoms in total. The summed E-state index contributed by atoms with van der Waals surface area (Å²) in [4.78, 5) is 34.5. The lowest BCUT2D eigenvalue weighted by Gasteiger charge is -2.14. The summed E-state index contributed by atoms with van der Waals surface area (Å²) < 4.78 is 20.1. The number of rotatable bonds is 13. The second-order valence-electron chi connectivity index (χ2n) is 7.26. The number of hydrogen-bond donors (Lipinski definition) is 2. The predicted molar refractivity (Wildman–Crippen MR) is 121 cm³/mol. The molecule has 2 aromatic carbocycles. The van der Waals surface area contributed by atoms with Gasteiger partial charge in [-0.05, 0) is 44.0 Å². The topological polar surface area (TPSA) is 101 Å². The molecule has 0 aromatic heterocycles. The highest BCUT2D eigenvalue weighted by atomic mass is 32.2. The highest BCUT2D eigenvalue weighted by Gasteiger charge is 2.16. The van der Waals surface area contributed by atoms with Crippen molar-refractivity contribution in [3.63, 3.8) is 0 Å². The summed E-state index contributed by atoms with van der Waals surface area (Å²) in [6.07, 6.45) is 1.53. The zero-order valence-corrected chi connectivity index (χ0v) is 19.0. The van der Waals surface area contributed by atoms with E-state index >= 15 is 0 Å². The Morgan fingerprint density at radius 3 is 2.50 bits per heavy atom. The summed E-state index contributed by atoms with van der Waals surface area (Å²) in [5.74, 6) is -1.13. The third-order valence-electron chi connectivity index (χ3n) is 4.74. The van der Waals surface area contributed by atoms with Crippen molar-refractivity contribution in [2.24, 2.45) is 0 Å². The predicted octanol–water partition coefficient (Wildman–Crippen LogP) is 5.30. The molecule has 2 aromatic rings. The second-order valence-corrected chi connectivity index (χ2v) is 8.39. The van der Waals surface area contributed by atoms with Crippen LogP contribution in [0, 0.1) is 5.82 Å². The van der Waals surface area contributed by atoms with E-state index in [-0.39, 0.29) is 35.5 Å². The van der Waals surface area contributed by atoms with Crippen LogP contribution in [-0.4, -0.2) is 40.1 Å².